The van der Waals surface area contributed by atoms with E-state index in [4.69, 9.17) is 4.98 Å². The largest absolute Gasteiger partial charge is 0.322 e. The number of nitrogens with one attached hydrogen (secondary N) is 2. The van der Waals surface area contributed by atoms with Gasteiger partial charge in [-0.2, -0.15) is 10.3 Å². The Labute approximate surface area is 189 Å². The van der Waals surface area contributed by atoms with Crippen LogP contribution in [-0.4, -0.2) is 41.3 Å². The second kappa shape index (κ2) is 8.62. The molecule has 5 aromatic rings. The summed E-state index contributed by atoms with van der Waals surface area (Å²) in [4.78, 5) is 18.1. The molecule has 0 radical (unpaired) electrons. The zero-order valence-corrected chi connectivity index (χ0v) is 18.2. The number of fused-ring (bicyclic) bond motifs is 1. The summed E-state index contributed by atoms with van der Waals surface area (Å²) in [6.45, 7) is 4.08. The highest BCUT2D eigenvalue weighted by molar-refractivity contribution is 6.12. The van der Waals surface area contributed by atoms with Crippen LogP contribution < -0.4 is 5.32 Å². The average molecular weight is 438 g/mol. The molecule has 33 heavy (non-hydrogen) atoms. The van der Waals surface area contributed by atoms with Gasteiger partial charge in [0.25, 0.3) is 5.91 Å². The number of hydrogen-bond donors (Lipinski definition) is 2. The van der Waals surface area contributed by atoms with Gasteiger partial charge < -0.3 is 5.32 Å². The lowest BCUT2D eigenvalue weighted by Crippen LogP contribution is -2.13. The number of anilines is 1. The summed E-state index contributed by atoms with van der Waals surface area (Å²) in [6.07, 6.45) is 2.27. The van der Waals surface area contributed by atoms with Crippen molar-refractivity contribution in [2.24, 2.45) is 0 Å². The van der Waals surface area contributed by atoms with Crippen molar-refractivity contribution in [2.75, 3.05) is 5.32 Å². The molecule has 1 amide bonds. The number of rotatable bonds is 6. The number of aromatic nitrogens is 7. The number of carbonyl (C=O) groups is 1. The molecule has 0 saturated carbocycles. The molecule has 3 heterocycles. The Bertz CT molecular complexity index is 1390. The molecule has 9 nitrogen and oxygen atoms in total. The van der Waals surface area contributed by atoms with Crippen LogP contribution in [0.25, 0.3) is 22.3 Å². The standard InChI is InChI=1S/C24H22N8O/c1-15(2)32-23-20(14-25-32)19(13-21(27-23)17-6-4-3-5-7-17)24(33)26-18-10-8-16(9-11-18)12-22-28-30-31-29-22/h3-11,13-15H,12H2,1-2H3,(H,26,33)(H,28,29,30,31). The third-order valence-electron chi connectivity index (χ3n) is 5.33. The van der Waals surface area contributed by atoms with Crippen molar-refractivity contribution in [3.05, 3.63) is 83.8 Å². The lowest BCUT2D eigenvalue weighted by Gasteiger charge is -2.11. The van der Waals surface area contributed by atoms with E-state index in [0.717, 1.165) is 22.2 Å². The molecule has 3 aromatic heterocycles. The fourth-order valence-corrected chi connectivity index (χ4v) is 3.68. The lowest BCUT2D eigenvalue weighted by molar-refractivity contribution is 0.102. The minimum Gasteiger partial charge on any atom is -0.322 e. The monoisotopic (exact) mass is 438 g/mol. The topological polar surface area (TPSA) is 114 Å². The molecule has 0 aliphatic heterocycles. The van der Waals surface area contributed by atoms with Gasteiger partial charge in [0, 0.05) is 23.7 Å². The van der Waals surface area contributed by atoms with Crippen molar-refractivity contribution >= 4 is 22.6 Å². The maximum atomic E-state index is 13.3. The van der Waals surface area contributed by atoms with E-state index >= 15 is 0 Å². The normalized spacial score (nSPS) is 11.2. The third kappa shape index (κ3) is 4.20. The van der Waals surface area contributed by atoms with Crippen LogP contribution in [0.15, 0.2) is 66.9 Å². The van der Waals surface area contributed by atoms with Crippen LogP contribution in [0.2, 0.25) is 0 Å². The Morgan fingerprint density at radius 2 is 1.88 bits per heavy atom. The Balaban J connectivity index is 1.47. The van der Waals surface area contributed by atoms with Gasteiger partial charge in [-0.25, -0.2) is 9.67 Å². The Hall–Kier alpha value is -4.40. The van der Waals surface area contributed by atoms with Gasteiger partial charge in [0.1, 0.15) is 0 Å². The number of amides is 1. The van der Waals surface area contributed by atoms with Crippen molar-refractivity contribution in [1.29, 1.82) is 0 Å². The van der Waals surface area contributed by atoms with E-state index in [2.05, 4.69) is 31.0 Å². The van der Waals surface area contributed by atoms with Gasteiger partial charge in [0.15, 0.2) is 11.5 Å². The maximum Gasteiger partial charge on any atom is 0.256 e. The van der Waals surface area contributed by atoms with E-state index in [9.17, 15) is 4.79 Å². The summed E-state index contributed by atoms with van der Waals surface area (Å²) in [5.74, 6) is 0.398. The molecule has 2 N–H and O–H groups in total. The number of tetrazole rings is 1. The molecule has 0 bridgehead atoms. The molecule has 0 saturated heterocycles. The summed E-state index contributed by atoms with van der Waals surface area (Å²) in [5, 5.41) is 22.1. The van der Waals surface area contributed by atoms with Gasteiger partial charge in [-0.3, -0.25) is 4.79 Å². The van der Waals surface area contributed by atoms with E-state index in [1.165, 1.54) is 0 Å². The lowest BCUT2D eigenvalue weighted by atomic mass is 10.1. The van der Waals surface area contributed by atoms with Crippen molar-refractivity contribution in [2.45, 2.75) is 26.3 Å². The fourth-order valence-electron chi connectivity index (χ4n) is 3.68. The predicted molar refractivity (Wildman–Crippen MR) is 125 cm³/mol. The van der Waals surface area contributed by atoms with Crippen molar-refractivity contribution in [3.63, 3.8) is 0 Å². The summed E-state index contributed by atoms with van der Waals surface area (Å²) < 4.78 is 1.84. The van der Waals surface area contributed by atoms with Gasteiger partial charge in [0.05, 0.1) is 22.8 Å². The van der Waals surface area contributed by atoms with Crippen LogP contribution in [0.4, 0.5) is 5.69 Å². The number of nitrogens with zero attached hydrogens (tertiary/aromatic N) is 6. The molecule has 5 rings (SSSR count). The molecule has 0 fully saturated rings. The maximum absolute atomic E-state index is 13.3. The molecule has 164 valence electrons. The number of pyridine rings is 1. The fraction of sp³-hybridized carbons (Fsp3) is 0.167. The molecule has 9 heteroatoms. The summed E-state index contributed by atoms with van der Waals surface area (Å²) >= 11 is 0. The smallest absolute Gasteiger partial charge is 0.256 e. The number of benzene rings is 2. The van der Waals surface area contributed by atoms with Crippen LogP contribution in [0, 0.1) is 0 Å². The second-order valence-corrected chi connectivity index (χ2v) is 8.00. The van der Waals surface area contributed by atoms with Crippen LogP contribution in [-0.2, 0) is 6.42 Å². The number of aromatic amines is 1. The van der Waals surface area contributed by atoms with E-state index in [1.807, 2.05) is 79.2 Å². The van der Waals surface area contributed by atoms with E-state index in [1.54, 1.807) is 6.20 Å². The van der Waals surface area contributed by atoms with Gasteiger partial charge in [-0.1, -0.05) is 47.7 Å². The minimum absolute atomic E-state index is 0.115. The Morgan fingerprint density at radius 1 is 1.09 bits per heavy atom. The molecule has 2 aromatic carbocycles. The average Bonchev–Trinajstić information content (AvgIpc) is 3.50. The molecule has 0 aliphatic carbocycles. The van der Waals surface area contributed by atoms with E-state index in [0.29, 0.717) is 29.1 Å². The number of carbonyl (C=O) groups excluding carboxylic acids is 1. The van der Waals surface area contributed by atoms with Gasteiger partial charge in [0.2, 0.25) is 0 Å². The van der Waals surface area contributed by atoms with Crippen molar-refractivity contribution in [3.8, 4) is 11.3 Å². The number of hydrogen-bond acceptors (Lipinski definition) is 6. The molecule has 0 unspecified atom stereocenters. The molecule has 0 atom stereocenters. The van der Waals surface area contributed by atoms with E-state index in [-0.39, 0.29) is 11.9 Å². The first-order chi connectivity index (χ1) is 16.1. The first kappa shape index (κ1) is 20.5. The van der Waals surface area contributed by atoms with Crippen LogP contribution in [0.5, 0.6) is 0 Å². The molecule has 0 aliphatic rings. The second-order valence-electron chi connectivity index (χ2n) is 8.00. The van der Waals surface area contributed by atoms with Gasteiger partial charge in [-0.05, 0) is 37.6 Å². The van der Waals surface area contributed by atoms with Crippen LogP contribution in [0.1, 0.15) is 41.6 Å². The first-order valence-corrected chi connectivity index (χ1v) is 10.6. The summed E-state index contributed by atoms with van der Waals surface area (Å²) in [7, 11) is 0. The summed E-state index contributed by atoms with van der Waals surface area (Å²) in [5.41, 5.74) is 4.60. The van der Waals surface area contributed by atoms with E-state index < -0.39 is 0 Å². The highest BCUT2D eigenvalue weighted by Gasteiger charge is 2.19. The highest BCUT2D eigenvalue weighted by Crippen LogP contribution is 2.27. The molecule has 0 spiro atoms. The molecular formula is C24H22N8O. The van der Waals surface area contributed by atoms with Gasteiger partial charge >= 0.3 is 0 Å². The van der Waals surface area contributed by atoms with Crippen LogP contribution >= 0.6 is 0 Å². The van der Waals surface area contributed by atoms with Crippen molar-refractivity contribution in [1.82, 2.24) is 35.4 Å². The SMILES string of the molecule is CC(C)n1ncc2c(C(=O)Nc3ccc(Cc4nn[nH]n4)cc3)cc(-c3ccccc3)nc21. The number of H-pyrrole nitrogens is 1. The molecular weight excluding hydrogens is 416 g/mol. The minimum atomic E-state index is -0.214. The van der Waals surface area contributed by atoms with Crippen molar-refractivity contribution < 1.29 is 4.79 Å². The zero-order chi connectivity index (χ0) is 22.8. The Morgan fingerprint density at radius 3 is 2.58 bits per heavy atom. The first-order valence-electron chi connectivity index (χ1n) is 10.6. The third-order valence-corrected chi connectivity index (χ3v) is 5.33. The quantitative estimate of drug-likeness (QED) is 0.414. The van der Waals surface area contributed by atoms with Crippen LogP contribution in [0.3, 0.4) is 0 Å². The predicted octanol–water partition coefficient (Wildman–Crippen LogP) is 4.04. The summed E-state index contributed by atoms with van der Waals surface area (Å²) in [6, 6.07) is 19.4. The highest BCUT2D eigenvalue weighted by atomic mass is 16.1. The van der Waals surface area contributed by atoms with Gasteiger partial charge in [-0.15, -0.1) is 10.2 Å². The zero-order valence-electron chi connectivity index (χ0n) is 18.2. The Kier molecular flexibility index (Phi) is 5.35.